The molecule has 0 saturated carbocycles. The fourth-order valence-electron chi connectivity index (χ4n) is 3.52. The van der Waals surface area contributed by atoms with Crippen molar-refractivity contribution in [3.8, 4) is 0 Å². The van der Waals surface area contributed by atoms with E-state index in [0.29, 0.717) is 30.9 Å². The number of aliphatic carboxylic acids is 1. The number of hydrogen-bond acceptors (Lipinski definition) is 7. The number of aromatic nitrogens is 1. The Labute approximate surface area is 191 Å². The first kappa shape index (κ1) is 23.7. The van der Waals surface area contributed by atoms with Crippen molar-refractivity contribution in [3.05, 3.63) is 64.3 Å². The van der Waals surface area contributed by atoms with Crippen LogP contribution in [0.4, 0.5) is 22.0 Å². The summed E-state index contributed by atoms with van der Waals surface area (Å²) in [5, 5.41) is 19.7. The summed E-state index contributed by atoms with van der Waals surface area (Å²) < 4.78 is 5.62. The summed E-state index contributed by atoms with van der Waals surface area (Å²) in [7, 11) is 0. The Hall–Kier alpha value is -3.95. The number of nitrogens with zero attached hydrogens (tertiary/aromatic N) is 4. The third-order valence-corrected chi connectivity index (χ3v) is 4.98. The highest BCUT2D eigenvalue weighted by Gasteiger charge is 2.35. The van der Waals surface area contributed by atoms with Gasteiger partial charge in [0.15, 0.2) is 0 Å². The summed E-state index contributed by atoms with van der Waals surface area (Å²) in [5.74, 6) is -0.668. The molecule has 1 aliphatic heterocycles. The van der Waals surface area contributed by atoms with Crippen LogP contribution in [0.15, 0.2) is 48.7 Å². The summed E-state index contributed by atoms with van der Waals surface area (Å²) in [6.07, 6.45) is 4.05. The number of carbonyl (C=O) groups excluding carboxylic acids is 1. The summed E-state index contributed by atoms with van der Waals surface area (Å²) in [4.78, 5) is 42.2. The molecule has 10 heteroatoms. The van der Waals surface area contributed by atoms with E-state index in [1.165, 1.54) is 29.3 Å². The topological polar surface area (TPSA) is 126 Å². The van der Waals surface area contributed by atoms with E-state index < -0.39 is 22.6 Å². The standard InChI is InChI=1S/C23H26N4O6/c1-23(2,3)33-22(30)26(20-10-4-16(14-24-20)5-11-21(28)29)19-12-13-25(15-19)17-6-8-18(9-7-17)27(31)32/h4-11,14,19H,12-13,15H2,1-3H3,(H,28,29)/b11-5+/t19-/m1/s1. The number of anilines is 2. The minimum Gasteiger partial charge on any atom is -0.478 e. The van der Waals surface area contributed by atoms with Crippen LogP contribution in [-0.2, 0) is 9.53 Å². The summed E-state index contributed by atoms with van der Waals surface area (Å²) in [5.41, 5.74) is 0.737. The van der Waals surface area contributed by atoms with E-state index in [4.69, 9.17) is 9.84 Å². The molecular formula is C23H26N4O6. The lowest BCUT2D eigenvalue weighted by Gasteiger charge is -2.31. The maximum atomic E-state index is 13.1. The first-order valence-corrected chi connectivity index (χ1v) is 10.4. The van der Waals surface area contributed by atoms with E-state index in [-0.39, 0.29) is 11.7 Å². The molecular weight excluding hydrogens is 428 g/mol. The van der Waals surface area contributed by atoms with Crippen molar-refractivity contribution in [3.63, 3.8) is 0 Å². The lowest BCUT2D eigenvalue weighted by molar-refractivity contribution is -0.384. The molecule has 1 atom stereocenters. The minimum absolute atomic E-state index is 0.0196. The van der Waals surface area contributed by atoms with Gasteiger partial charge in [0.1, 0.15) is 11.4 Å². The van der Waals surface area contributed by atoms with Crippen molar-refractivity contribution in [1.29, 1.82) is 0 Å². The lowest BCUT2D eigenvalue weighted by atomic mass is 10.2. The largest absolute Gasteiger partial charge is 0.478 e. The van der Waals surface area contributed by atoms with Gasteiger partial charge in [0.05, 0.1) is 11.0 Å². The van der Waals surface area contributed by atoms with Crippen LogP contribution in [0.5, 0.6) is 0 Å². The van der Waals surface area contributed by atoms with Crippen LogP contribution >= 0.6 is 0 Å². The predicted molar refractivity (Wildman–Crippen MR) is 123 cm³/mol. The molecule has 0 unspecified atom stereocenters. The highest BCUT2D eigenvalue weighted by Crippen LogP contribution is 2.28. The quantitative estimate of drug-likeness (QED) is 0.393. The Bertz CT molecular complexity index is 1040. The molecule has 0 bridgehead atoms. The van der Waals surface area contributed by atoms with Gasteiger partial charge in [-0.1, -0.05) is 0 Å². The third kappa shape index (κ3) is 6.28. The number of carboxylic acid groups (broad SMARTS) is 1. The van der Waals surface area contributed by atoms with Crippen molar-refractivity contribution in [1.82, 2.24) is 4.98 Å². The van der Waals surface area contributed by atoms with Crippen molar-refractivity contribution in [2.75, 3.05) is 22.9 Å². The average molecular weight is 454 g/mol. The zero-order valence-corrected chi connectivity index (χ0v) is 18.7. The second kappa shape index (κ2) is 9.68. The van der Waals surface area contributed by atoms with Crippen LogP contribution in [-0.4, -0.2) is 51.8 Å². The van der Waals surface area contributed by atoms with Gasteiger partial charge in [-0.3, -0.25) is 15.0 Å². The van der Waals surface area contributed by atoms with Gasteiger partial charge in [-0.2, -0.15) is 0 Å². The normalized spacial score (nSPS) is 16.1. The molecule has 0 aliphatic carbocycles. The number of amides is 1. The van der Waals surface area contributed by atoms with Gasteiger partial charge in [0, 0.05) is 43.2 Å². The van der Waals surface area contributed by atoms with Crippen molar-refractivity contribution in [2.45, 2.75) is 38.8 Å². The third-order valence-electron chi connectivity index (χ3n) is 4.98. The Morgan fingerprint density at radius 1 is 1.24 bits per heavy atom. The number of rotatable bonds is 6. The fraction of sp³-hybridized carbons (Fsp3) is 0.348. The molecule has 10 nitrogen and oxygen atoms in total. The molecule has 0 radical (unpaired) electrons. The van der Waals surface area contributed by atoms with E-state index in [1.807, 2.05) is 0 Å². The van der Waals surface area contributed by atoms with E-state index in [9.17, 15) is 19.7 Å². The van der Waals surface area contributed by atoms with Crippen LogP contribution in [0.2, 0.25) is 0 Å². The van der Waals surface area contributed by atoms with Gasteiger partial charge in [-0.05, 0) is 63.1 Å². The predicted octanol–water partition coefficient (Wildman–Crippen LogP) is 4.11. The van der Waals surface area contributed by atoms with Crippen LogP contribution < -0.4 is 9.80 Å². The molecule has 1 N–H and O–H groups in total. The monoisotopic (exact) mass is 454 g/mol. The Morgan fingerprint density at radius 3 is 2.48 bits per heavy atom. The van der Waals surface area contributed by atoms with Crippen LogP contribution in [0, 0.1) is 10.1 Å². The number of nitro groups is 1. The average Bonchev–Trinajstić information content (AvgIpc) is 3.21. The van der Waals surface area contributed by atoms with Crippen molar-refractivity contribution < 1.29 is 24.4 Å². The Morgan fingerprint density at radius 2 is 1.94 bits per heavy atom. The second-order valence-corrected chi connectivity index (χ2v) is 8.63. The number of hydrogen-bond donors (Lipinski definition) is 1. The molecule has 3 rings (SSSR count). The number of nitro benzene ring substituents is 1. The van der Waals surface area contributed by atoms with Crippen LogP contribution in [0.3, 0.4) is 0 Å². The molecule has 174 valence electrons. The minimum atomic E-state index is -1.06. The number of pyridine rings is 1. The summed E-state index contributed by atoms with van der Waals surface area (Å²) in [6, 6.07) is 9.41. The smallest absolute Gasteiger partial charge is 0.416 e. The molecule has 2 heterocycles. The van der Waals surface area contributed by atoms with Crippen molar-refractivity contribution >= 4 is 35.3 Å². The van der Waals surface area contributed by atoms with Gasteiger partial charge >= 0.3 is 12.1 Å². The van der Waals surface area contributed by atoms with E-state index >= 15 is 0 Å². The molecule has 1 aliphatic rings. The Balaban J connectivity index is 1.83. The highest BCUT2D eigenvalue weighted by molar-refractivity contribution is 5.88. The molecule has 0 spiro atoms. The number of ether oxygens (including phenoxy) is 1. The molecule has 1 aromatic carbocycles. The second-order valence-electron chi connectivity index (χ2n) is 8.63. The van der Waals surface area contributed by atoms with E-state index in [2.05, 4.69) is 9.88 Å². The Kier molecular flexibility index (Phi) is 6.95. The molecule has 1 aromatic heterocycles. The molecule has 33 heavy (non-hydrogen) atoms. The zero-order valence-electron chi connectivity index (χ0n) is 18.7. The van der Waals surface area contributed by atoms with Gasteiger partial charge in [-0.25, -0.2) is 14.6 Å². The first-order chi connectivity index (χ1) is 15.5. The first-order valence-electron chi connectivity index (χ1n) is 10.4. The maximum Gasteiger partial charge on any atom is 0.416 e. The molecule has 1 amide bonds. The molecule has 1 fully saturated rings. The van der Waals surface area contributed by atoms with E-state index in [0.717, 1.165) is 11.8 Å². The molecule has 1 saturated heterocycles. The number of benzene rings is 1. The number of carboxylic acids is 1. The van der Waals surface area contributed by atoms with Crippen molar-refractivity contribution in [2.24, 2.45) is 0 Å². The van der Waals surface area contributed by atoms with Crippen LogP contribution in [0.25, 0.3) is 6.08 Å². The molecule has 2 aromatic rings. The zero-order chi connectivity index (χ0) is 24.2. The lowest BCUT2D eigenvalue weighted by Crippen LogP contribution is -2.45. The van der Waals surface area contributed by atoms with Gasteiger partial charge in [0.25, 0.3) is 5.69 Å². The number of non-ortho nitro benzene ring substituents is 1. The fourth-order valence-corrected chi connectivity index (χ4v) is 3.52. The summed E-state index contributed by atoms with van der Waals surface area (Å²) in [6.45, 7) is 6.51. The summed E-state index contributed by atoms with van der Waals surface area (Å²) >= 11 is 0. The highest BCUT2D eigenvalue weighted by atomic mass is 16.6. The number of carbonyl (C=O) groups is 2. The maximum absolute atomic E-state index is 13.1. The van der Waals surface area contributed by atoms with E-state index in [1.54, 1.807) is 45.0 Å². The van der Waals surface area contributed by atoms with Gasteiger partial charge in [0.2, 0.25) is 0 Å². The van der Waals surface area contributed by atoms with Gasteiger partial charge < -0.3 is 14.7 Å². The van der Waals surface area contributed by atoms with Crippen LogP contribution in [0.1, 0.15) is 32.8 Å². The SMILES string of the molecule is CC(C)(C)OC(=O)N(c1ccc(/C=C/C(=O)O)cn1)[C@@H]1CCN(c2ccc([N+](=O)[O-])cc2)C1. The van der Waals surface area contributed by atoms with Gasteiger partial charge in [-0.15, -0.1) is 0 Å².